The van der Waals surface area contributed by atoms with Gasteiger partial charge in [0.25, 0.3) is 0 Å². The second-order valence-corrected chi connectivity index (χ2v) is 14.6. The van der Waals surface area contributed by atoms with E-state index in [0.29, 0.717) is 21.7 Å². The first-order valence-corrected chi connectivity index (χ1v) is 15.5. The van der Waals surface area contributed by atoms with E-state index in [2.05, 4.69) is 102 Å². The molecule has 0 radical (unpaired) electrons. The fourth-order valence-electron chi connectivity index (χ4n) is 5.76. The molecule has 37 heavy (non-hydrogen) atoms. The highest BCUT2D eigenvalue weighted by Crippen LogP contribution is 2.50. The molecule has 0 aromatic rings. The van der Waals surface area contributed by atoms with Crippen molar-refractivity contribution in [1.82, 2.24) is 0 Å². The summed E-state index contributed by atoms with van der Waals surface area (Å²) in [5, 5.41) is 0. The zero-order valence-corrected chi connectivity index (χ0v) is 29.7. The molecule has 1 aliphatic carbocycles. The highest BCUT2D eigenvalue weighted by molar-refractivity contribution is 4.89. The van der Waals surface area contributed by atoms with E-state index in [1.165, 1.54) is 64.8 Å². The SMILES string of the molecule is C=CC.C=CC.CC.CC(C)(C)CC(CCC1CC(C)(C)CC(C)(C)C1)CC(C)(C)C.CCCC.CN. The maximum Gasteiger partial charge on any atom is -0.0195 e. The van der Waals surface area contributed by atoms with E-state index in [0.717, 1.165) is 11.8 Å². The van der Waals surface area contributed by atoms with Crippen LogP contribution in [0.1, 0.15) is 169 Å². The van der Waals surface area contributed by atoms with Crippen molar-refractivity contribution in [2.45, 2.75) is 169 Å². The average Bonchev–Trinajstić information content (AvgIpc) is 2.72. The largest absolute Gasteiger partial charge is 0.333 e. The van der Waals surface area contributed by atoms with Gasteiger partial charge in [-0.2, -0.15) is 0 Å². The molecule has 0 amide bonds. The molecule has 1 rings (SSSR count). The first kappa shape index (κ1) is 46.3. The Hall–Kier alpha value is -0.560. The summed E-state index contributed by atoms with van der Waals surface area (Å²) in [6.07, 6.45) is 16.1. The van der Waals surface area contributed by atoms with Crippen LogP contribution in [0.4, 0.5) is 0 Å². The van der Waals surface area contributed by atoms with Gasteiger partial charge in [0.1, 0.15) is 0 Å². The van der Waals surface area contributed by atoms with Crippen molar-refractivity contribution in [3.8, 4) is 0 Å². The van der Waals surface area contributed by atoms with Crippen LogP contribution in [0.5, 0.6) is 0 Å². The smallest absolute Gasteiger partial charge is 0.0195 e. The molecular formula is C36H79N. The Balaban J connectivity index is -0.000000204. The minimum absolute atomic E-state index is 0.459. The fraction of sp³-hybridized carbons (Fsp3) is 0.889. The highest BCUT2D eigenvalue weighted by Gasteiger charge is 2.38. The Morgan fingerprint density at radius 1 is 0.757 bits per heavy atom. The van der Waals surface area contributed by atoms with E-state index < -0.39 is 0 Å². The van der Waals surface area contributed by atoms with E-state index in [4.69, 9.17) is 0 Å². The van der Waals surface area contributed by atoms with Gasteiger partial charge in [0.15, 0.2) is 0 Å². The molecule has 1 heteroatoms. The standard InChI is InChI=1S/C23H46.C4H10.2C3H6.C2H6.CH5N/c1-20(2,3)13-18(14-21(4,5)6)11-12-19-15-22(7,8)17-23(9,10)16-19;1-3-4-2;2*1-3-2;2*1-2/h18-19H,11-17H2,1-10H3;3-4H2,1-2H3;2*3H,1H2,2H3;1-2H3;2H2,1H3. The number of rotatable bonds is 6. The Morgan fingerprint density at radius 2 is 1.03 bits per heavy atom. The van der Waals surface area contributed by atoms with Crippen LogP contribution >= 0.6 is 0 Å². The lowest BCUT2D eigenvalue weighted by molar-refractivity contribution is 0.0580. The van der Waals surface area contributed by atoms with Crippen LogP contribution in [0.2, 0.25) is 0 Å². The van der Waals surface area contributed by atoms with Crippen LogP contribution in [-0.4, -0.2) is 7.05 Å². The number of unbranched alkanes of at least 4 members (excludes halogenated alkanes) is 1. The zero-order valence-electron chi connectivity index (χ0n) is 29.7. The number of allylic oxidation sites excluding steroid dienone is 2. The lowest BCUT2D eigenvalue weighted by Crippen LogP contribution is -2.34. The Kier molecular flexibility index (Phi) is 32.2. The molecule has 0 saturated heterocycles. The van der Waals surface area contributed by atoms with Gasteiger partial charge in [0, 0.05) is 0 Å². The van der Waals surface area contributed by atoms with Crippen molar-refractivity contribution in [1.29, 1.82) is 0 Å². The van der Waals surface area contributed by atoms with Crippen LogP contribution < -0.4 is 5.73 Å². The third-order valence-electron chi connectivity index (χ3n) is 5.92. The quantitative estimate of drug-likeness (QED) is 0.343. The highest BCUT2D eigenvalue weighted by atomic mass is 14.4. The molecule has 0 atom stereocenters. The molecule has 0 aromatic heterocycles. The predicted molar refractivity (Wildman–Crippen MR) is 180 cm³/mol. The Morgan fingerprint density at radius 3 is 1.24 bits per heavy atom. The molecule has 0 bridgehead atoms. The normalized spacial score (nSPS) is 15.9. The summed E-state index contributed by atoms with van der Waals surface area (Å²) in [6, 6.07) is 0. The van der Waals surface area contributed by atoms with Crippen molar-refractivity contribution >= 4 is 0 Å². The van der Waals surface area contributed by atoms with Crippen molar-refractivity contribution in [3.63, 3.8) is 0 Å². The van der Waals surface area contributed by atoms with E-state index in [1.807, 2.05) is 27.7 Å². The Labute approximate surface area is 239 Å². The molecule has 0 aliphatic heterocycles. The molecule has 1 saturated carbocycles. The lowest BCUT2D eigenvalue weighted by atomic mass is 9.60. The van der Waals surface area contributed by atoms with Gasteiger partial charge in [0.05, 0.1) is 0 Å². The molecular weight excluding hydrogens is 446 g/mol. The predicted octanol–water partition coefficient (Wildman–Crippen LogP) is 12.9. The van der Waals surface area contributed by atoms with Crippen molar-refractivity contribution < 1.29 is 0 Å². The number of hydrogen-bond acceptors (Lipinski definition) is 1. The van der Waals surface area contributed by atoms with Gasteiger partial charge in [0.2, 0.25) is 0 Å². The second-order valence-electron chi connectivity index (χ2n) is 14.6. The van der Waals surface area contributed by atoms with E-state index >= 15 is 0 Å². The summed E-state index contributed by atoms with van der Waals surface area (Å²) >= 11 is 0. The molecule has 2 N–H and O–H groups in total. The zero-order chi connectivity index (χ0) is 30.9. The van der Waals surface area contributed by atoms with E-state index in [1.54, 1.807) is 12.2 Å². The third-order valence-corrected chi connectivity index (χ3v) is 5.92. The minimum atomic E-state index is 0.459. The summed E-state index contributed by atoms with van der Waals surface area (Å²) in [6.45, 7) is 43.3. The molecule has 0 unspecified atom stereocenters. The molecule has 0 spiro atoms. The van der Waals surface area contributed by atoms with Gasteiger partial charge in [-0.1, -0.05) is 135 Å². The summed E-state index contributed by atoms with van der Waals surface area (Å²) < 4.78 is 0. The van der Waals surface area contributed by atoms with Crippen molar-refractivity contribution in [3.05, 3.63) is 25.3 Å². The average molecular weight is 526 g/mol. The lowest BCUT2D eigenvalue weighted by Gasteiger charge is -2.45. The van der Waals surface area contributed by atoms with Crippen LogP contribution in [0.3, 0.4) is 0 Å². The molecule has 228 valence electrons. The Bertz CT molecular complexity index is 430. The van der Waals surface area contributed by atoms with Gasteiger partial charge in [-0.25, -0.2) is 0 Å². The van der Waals surface area contributed by atoms with Crippen molar-refractivity contribution in [2.24, 2.45) is 39.2 Å². The molecule has 1 aliphatic rings. The molecule has 1 nitrogen and oxygen atoms in total. The van der Waals surface area contributed by atoms with E-state index in [9.17, 15) is 0 Å². The third kappa shape index (κ3) is 40.1. The number of nitrogens with two attached hydrogens (primary N) is 1. The fourth-order valence-corrected chi connectivity index (χ4v) is 5.76. The number of hydrogen-bond donors (Lipinski definition) is 1. The van der Waals surface area contributed by atoms with Crippen LogP contribution in [-0.2, 0) is 0 Å². The summed E-state index contributed by atoms with van der Waals surface area (Å²) in [5.74, 6) is 1.83. The van der Waals surface area contributed by atoms with Gasteiger partial charge < -0.3 is 5.73 Å². The minimum Gasteiger partial charge on any atom is -0.333 e. The van der Waals surface area contributed by atoms with Crippen LogP contribution in [0.15, 0.2) is 25.3 Å². The first-order chi connectivity index (χ1) is 16.8. The maximum absolute atomic E-state index is 4.50. The van der Waals surface area contributed by atoms with Crippen molar-refractivity contribution in [2.75, 3.05) is 7.05 Å². The van der Waals surface area contributed by atoms with Crippen LogP contribution in [0.25, 0.3) is 0 Å². The van der Waals surface area contributed by atoms with Gasteiger partial charge in [-0.15, -0.1) is 13.2 Å². The summed E-state index contributed by atoms with van der Waals surface area (Å²) in [4.78, 5) is 0. The molecule has 0 heterocycles. The topological polar surface area (TPSA) is 26.0 Å². The van der Waals surface area contributed by atoms with Gasteiger partial charge in [-0.05, 0) is 86.5 Å². The second kappa shape index (κ2) is 25.7. The molecule has 0 aromatic carbocycles. The maximum atomic E-state index is 4.50. The van der Waals surface area contributed by atoms with Gasteiger partial charge >= 0.3 is 0 Å². The van der Waals surface area contributed by atoms with E-state index in [-0.39, 0.29) is 0 Å². The summed E-state index contributed by atoms with van der Waals surface area (Å²) in [7, 11) is 1.50. The molecule has 1 fully saturated rings. The monoisotopic (exact) mass is 526 g/mol. The first-order valence-electron chi connectivity index (χ1n) is 15.5. The summed E-state index contributed by atoms with van der Waals surface area (Å²) in [5.41, 5.74) is 6.49. The van der Waals surface area contributed by atoms with Crippen LogP contribution in [0, 0.1) is 33.5 Å². The van der Waals surface area contributed by atoms with Gasteiger partial charge in [-0.3, -0.25) is 0 Å².